The van der Waals surface area contributed by atoms with Gasteiger partial charge >= 0.3 is 0 Å². The summed E-state index contributed by atoms with van der Waals surface area (Å²) in [5.41, 5.74) is 4.19. The number of likely N-dealkylation sites (N-methyl/N-ethyl adjacent to an activating group) is 1. The van der Waals surface area contributed by atoms with E-state index in [0.29, 0.717) is 28.7 Å². The molecular weight excluding hydrogens is 446 g/mol. The van der Waals surface area contributed by atoms with E-state index in [-0.39, 0.29) is 11.3 Å². The van der Waals surface area contributed by atoms with E-state index in [1.54, 1.807) is 16.2 Å². The van der Waals surface area contributed by atoms with Crippen molar-refractivity contribution in [1.82, 2.24) is 0 Å². The maximum absolute atomic E-state index is 13.0. The van der Waals surface area contributed by atoms with Crippen LogP contribution in [0.15, 0.2) is 27.7 Å². The fraction of sp³-hybridized carbons (Fsp3) is 0.435. The zero-order valence-electron chi connectivity index (χ0n) is 17.2. The number of carbonyl (C=O) groups is 1. The number of nitriles is 1. The van der Waals surface area contributed by atoms with Crippen LogP contribution in [0.4, 0.5) is 10.7 Å². The fourth-order valence-corrected chi connectivity index (χ4v) is 5.93. The van der Waals surface area contributed by atoms with E-state index in [1.165, 1.54) is 4.88 Å². The van der Waals surface area contributed by atoms with Crippen molar-refractivity contribution in [3.8, 4) is 6.07 Å². The van der Waals surface area contributed by atoms with Crippen LogP contribution in [-0.2, 0) is 17.6 Å². The molecule has 1 atom stereocenters. The number of carbonyl (C=O) groups excluding carboxylic acids is 1. The van der Waals surface area contributed by atoms with Gasteiger partial charge < -0.3 is 4.90 Å². The number of benzene rings is 1. The summed E-state index contributed by atoms with van der Waals surface area (Å²) in [6, 6.07) is 8.20. The van der Waals surface area contributed by atoms with Crippen molar-refractivity contribution >= 4 is 49.6 Å². The summed E-state index contributed by atoms with van der Waals surface area (Å²) in [5, 5.41) is 10.5. The molecule has 1 aliphatic carbocycles. The molecule has 1 aromatic heterocycles. The monoisotopic (exact) mass is 469 g/mol. The van der Waals surface area contributed by atoms with Gasteiger partial charge in [-0.15, -0.1) is 11.3 Å². The van der Waals surface area contributed by atoms with Gasteiger partial charge in [0, 0.05) is 21.5 Å². The minimum absolute atomic E-state index is 0.0940. The third-order valence-electron chi connectivity index (χ3n) is 6.07. The molecule has 2 aromatic rings. The van der Waals surface area contributed by atoms with Crippen LogP contribution in [0.3, 0.4) is 0 Å². The Hall–Kier alpha value is -1.97. The highest BCUT2D eigenvalue weighted by Crippen LogP contribution is 2.45. The second-order valence-electron chi connectivity index (χ2n) is 8.77. The zero-order chi connectivity index (χ0) is 20.9. The van der Waals surface area contributed by atoms with Crippen LogP contribution in [0, 0.1) is 22.7 Å². The maximum atomic E-state index is 13.0. The van der Waals surface area contributed by atoms with Gasteiger partial charge in [-0.3, -0.25) is 4.79 Å². The average molecular weight is 470 g/mol. The van der Waals surface area contributed by atoms with Gasteiger partial charge in [-0.05, 0) is 61.3 Å². The summed E-state index contributed by atoms with van der Waals surface area (Å²) < 4.78 is 0.911. The largest absolute Gasteiger partial charge is 0.307 e. The lowest BCUT2D eigenvalue weighted by Gasteiger charge is -2.33. The number of amides is 1. The second-order valence-corrected chi connectivity index (χ2v) is 10.8. The number of halogens is 1. The first-order valence-electron chi connectivity index (χ1n) is 9.99. The van der Waals surface area contributed by atoms with Crippen molar-refractivity contribution < 1.29 is 4.79 Å². The normalized spacial score (nSPS) is 20.0. The van der Waals surface area contributed by atoms with Crippen molar-refractivity contribution in [2.45, 2.75) is 47.0 Å². The summed E-state index contributed by atoms with van der Waals surface area (Å²) >= 11 is 5.10. The number of hydrogen-bond acceptors (Lipinski definition) is 4. The number of nitrogens with zero attached hydrogens (tertiary/aromatic N) is 3. The van der Waals surface area contributed by atoms with Crippen LogP contribution in [-0.4, -0.2) is 18.2 Å². The topological polar surface area (TPSA) is 56.5 Å². The SMILES string of the molecule is CCN1C(=O)C(=Nc2sc3c(c2C#N)CC[C@@H](C(C)(C)C)C3)c2cc(Br)ccc21. The number of thiophene rings is 1. The Balaban J connectivity index is 1.81. The second kappa shape index (κ2) is 7.37. The van der Waals surface area contributed by atoms with Crippen molar-refractivity contribution in [1.29, 1.82) is 5.26 Å². The van der Waals surface area contributed by atoms with Crippen molar-refractivity contribution in [3.05, 3.63) is 44.2 Å². The molecule has 29 heavy (non-hydrogen) atoms. The van der Waals surface area contributed by atoms with Gasteiger partial charge in [0.25, 0.3) is 5.91 Å². The zero-order valence-corrected chi connectivity index (χ0v) is 19.6. The first-order chi connectivity index (χ1) is 13.7. The predicted octanol–water partition coefficient (Wildman–Crippen LogP) is 6.02. The summed E-state index contributed by atoms with van der Waals surface area (Å²) in [4.78, 5) is 20.8. The molecular formula is C23H24BrN3OS. The van der Waals surface area contributed by atoms with Gasteiger partial charge in [-0.2, -0.15) is 5.26 Å². The minimum Gasteiger partial charge on any atom is -0.307 e. The molecule has 0 fully saturated rings. The van der Waals surface area contributed by atoms with Gasteiger partial charge in [0.15, 0.2) is 0 Å². The van der Waals surface area contributed by atoms with E-state index < -0.39 is 0 Å². The quantitative estimate of drug-likeness (QED) is 0.539. The Bertz CT molecular complexity index is 1070. The van der Waals surface area contributed by atoms with Crippen LogP contribution < -0.4 is 4.90 Å². The van der Waals surface area contributed by atoms with Crippen LogP contribution in [0.1, 0.15) is 55.7 Å². The lowest BCUT2D eigenvalue weighted by molar-refractivity contribution is -0.112. The molecule has 1 aromatic carbocycles. The number of anilines is 1. The summed E-state index contributed by atoms with van der Waals surface area (Å²) in [7, 11) is 0. The van der Waals surface area contributed by atoms with E-state index in [0.717, 1.165) is 40.5 Å². The smallest absolute Gasteiger partial charge is 0.277 e. The average Bonchev–Trinajstić information content (AvgIpc) is 3.15. The van der Waals surface area contributed by atoms with Gasteiger partial charge in [0.2, 0.25) is 0 Å². The van der Waals surface area contributed by atoms with E-state index in [4.69, 9.17) is 4.99 Å². The van der Waals surface area contributed by atoms with Crippen molar-refractivity contribution in [3.63, 3.8) is 0 Å². The molecule has 1 aliphatic heterocycles. The third kappa shape index (κ3) is 3.45. The third-order valence-corrected chi connectivity index (χ3v) is 7.71. The molecule has 6 heteroatoms. The van der Waals surface area contributed by atoms with Crippen LogP contribution in [0.25, 0.3) is 0 Å². The molecule has 0 spiro atoms. The Labute approximate surface area is 184 Å². The summed E-state index contributed by atoms with van der Waals surface area (Å²) in [5.74, 6) is 0.504. The lowest BCUT2D eigenvalue weighted by Crippen LogP contribution is -2.29. The Morgan fingerprint density at radius 2 is 2.14 bits per heavy atom. The standard InChI is InChI=1S/C23H24BrN3OS/c1-5-27-18-9-7-14(24)11-16(18)20(22(27)28)26-21-17(12-25)15-8-6-13(23(2,3)4)10-19(15)29-21/h7,9,11,13H,5-6,8,10H2,1-4H3/t13-/m1/s1. The Kier molecular flexibility index (Phi) is 5.16. The molecule has 0 N–H and O–H groups in total. The molecule has 1 amide bonds. The highest BCUT2D eigenvalue weighted by molar-refractivity contribution is 9.10. The number of rotatable bonds is 2. The van der Waals surface area contributed by atoms with Crippen LogP contribution >= 0.6 is 27.3 Å². The molecule has 150 valence electrons. The molecule has 0 bridgehead atoms. The molecule has 0 unspecified atom stereocenters. The first-order valence-corrected chi connectivity index (χ1v) is 11.6. The summed E-state index contributed by atoms with van der Waals surface area (Å²) in [6.45, 7) is 9.41. The van der Waals surface area contributed by atoms with Gasteiger partial charge in [-0.25, -0.2) is 4.99 Å². The van der Waals surface area contributed by atoms with E-state index >= 15 is 0 Å². The van der Waals surface area contributed by atoms with Crippen LogP contribution in [0.5, 0.6) is 0 Å². The van der Waals surface area contributed by atoms with E-state index in [9.17, 15) is 10.1 Å². The molecule has 0 saturated heterocycles. The van der Waals surface area contributed by atoms with Gasteiger partial charge in [-0.1, -0.05) is 36.7 Å². The maximum Gasteiger partial charge on any atom is 0.277 e. The van der Waals surface area contributed by atoms with E-state index in [1.807, 2.05) is 25.1 Å². The lowest BCUT2D eigenvalue weighted by atomic mass is 9.72. The molecule has 4 nitrogen and oxygen atoms in total. The first kappa shape index (κ1) is 20.3. The highest BCUT2D eigenvalue weighted by atomic mass is 79.9. The van der Waals surface area contributed by atoms with Crippen LogP contribution in [0.2, 0.25) is 0 Å². The minimum atomic E-state index is -0.0940. The Morgan fingerprint density at radius 3 is 2.79 bits per heavy atom. The number of aliphatic imine (C=N–C) groups is 1. The predicted molar refractivity (Wildman–Crippen MR) is 122 cm³/mol. The van der Waals surface area contributed by atoms with E-state index in [2.05, 4.69) is 42.8 Å². The molecule has 2 heterocycles. The number of hydrogen-bond donors (Lipinski definition) is 0. The van der Waals surface area contributed by atoms with Crippen molar-refractivity contribution in [2.75, 3.05) is 11.4 Å². The Morgan fingerprint density at radius 1 is 1.38 bits per heavy atom. The van der Waals surface area contributed by atoms with Crippen molar-refractivity contribution in [2.24, 2.45) is 16.3 Å². The molecule has 0 radical (unpaired) electrons. The van der Waals surface area contributed by atoms with Gasteiger partial charge in [0.1, 0.15) is 16.8 Å². The number of fused-ring (bicyclic) bond motifs is 2. The van der Waals surface area contributed by atoms with Gasteiger partial charge in [0.05, 0.1) is 11.3 Å². The molecule has 0 saturated carbocycles. The molecule has 4 rings (SSSR count). The summed E-state index contributed by atoms with van der Waals surface area (Å²) in [6.07, 6.45) is 3.00. The fourth-order valence-electron chi connectivity index (χ4n) is 4.31. The molecule has 2 aliphatic rings. The highest BCUT2D eigenvalue weighted by Gasteiger charge is 2.35.